The summed E-state index contributed by atoms with van der Waals surface area (Å²) >= 11 is 0. The summed E-state index contributed by atoms with van der Waals surface area (Å²) in [6.45, 7) is 0.693. The Kier molecular flexibility index (Phi) is 4.17. The second-order valence-corrected chi connectivity index (χ2v) is 4.31. The number of amides is 1. The minimum absolute atomic E-state index is 0.346. The van der Waals surface area contributed by atoms with E-state index in [1.807, 2.05) is 30.3 Å². The van der Waals surface area contributed by atoms with Crippen molar-refractivity contribution in [1.82, 2.24) is 4.90 Å². The van der Waals surface area contributed by atoms with Crippen LogP contribution < -0.4 is 0 Å². The van der Waals surface area contributed by atoms with Gasteiger partial charge < -0.3 is 19.1 Å². The standard InChI is InChI=1S/C13H17NO4/c1-14(2)13(15)18-11-8-16-12(17-9-11)10-6-4-3-5-7-10/h3-7,11-12H,8-9H2,1-2H3. The van der Waals surface area contributed by atoms with E-state index in [-0.39, 0.29) is 18.5 Å². The molecule has 5 nitrogen and oxygen atoms in total. The van der Waals surface area contributed by atoms with E-state index >= 15 is 0 Å². The third-order valence-corrected chi connectivity index (χ3v) is 2.57. The molecule has 1 fully saturated rings. The molecule has 1 aliphatic heterocycles. The molecule has 0 bridgehead atoms. The summed E-state index contributed by atoms with van der Waals surface area (Å²) < 4.78 is 16.3. The number of hydrogen-bond donors (Lipinski definition) is 0. The first kappa shape index (κ1) is 12.9. The number of carbonyl (C=O) groups is 1. The minimum Gasteiger partial charge on any atom is -0.441 e. The van der Waals surface area contributed by atoms with Crippen LogP contribution in [0.3, 0.4) is 0 Å². The van der Waals surface area contributed by atoms with E-state index in [1.54, 1.807) is 14.1 Å². The molecule has 5 heteroatoms. The van der Waals surface area contributed by atoms with Crippen molar-refractivity contribution in [1.29, 1.82) is 0 Å². The predicted molar refractivity (Wildman–Crippen MR) is 65.0 cm³/mol. The molecule has 0 N–H and O–H groups in total. The van der Waals surface area contributed by atoms with Crippen LogP contribution in [0.15, 0.2) is 30.3 Å². The third-order valence-electron chi connectivity index (χ3n) is 2.57. The van der Waals surface area contributed by atoms with Crippen LogP contribution in [0.4, 0.5) is 4.79 Å². The summed E-state index contributed by atoms with van der Waals surface area (Å²) in [5, 5.41) is 0. The lowest BCUT2D eigenvalue weighted by Gasteiger charge is -2.29. The lowest BCUT2D eigenvalue weighted by atomic mass is 10.2. The molecular weight excluding hydrogens is 234 g/mol. The number of benzene rings is 1. The molecule has 2 rings (SSSR count). The second kappa shape index (κ2) is 5.84. The van der Waals surface area contributed by atoms with Gasteiger partial charge in [0.2, 0.25) is 0 Å². The van der Waals surface area contributed by atoms with Gasteiger partial charge in [-0.2, -0.15) is 0 Å². The van der Waals surface area contributed by atoms with Crippen molar-refractivity contribution in [2.45, 2.75) is 12.4 Å². The van der Waals surface area contributed by atoms with E-state index in [2.05, 4.69) is 0 Å². The van der Waals surface area contributed by atoms with Gasteiger partial charge in [0.15, 0.2) is 12.4 Å². The molecule has 0 spiro atoms. The quantitative estimate of drug-likeness (QED) is 0.804. The maximum atomic E-state index is 11.4. The molecule has 0 radical (unpaired) electrons. The van der Waals surface area contributed by atoms with Gasteiger partial charge in [0.1, 0.15) is 0 Å². The van der Waals surface area contributed by atoms with E-state index < -0.39 is 0 Å². The summed E-state index contributed by atoms with van der Waals surface area (Å²) in [5.74, 6) is 0. The molecule has 1 heterocycles. The summed E-state index contributed by atoms with van der Waals surface area (Å²) in [7, 11) is 3.28. The van der Waals surface area contributed by atoms with Gasteiger partial charge >= 0.3 is 6.09 Å². The molecule has 1 aromatic carbocycles. The molecule has 0 aromatic heterocycles. The predicted octanol–water partition coefficient (Wildman–Crippen LogP) is 1.80. The molecule has 1 saturated heterocycles. The van der Waals surface area contributed by atoms with Gasteiger partial charge in [-0.1, -0.05) is 30.3 Å². The van der Waals surface area contributed by atoms with Crippen LogP contribution in [0, 0.1) is 0 Å². The van der Waals surface area contributed by atoms with Crippen molar-refractivity contribution in [2.24, 2.45) is 0 Å². The molecular formula is C13H17NO4. The Hall–Kier alpha value is -1.59. The van der Waals surface area contributed by atoms with Gasteiger partial charge in [-0.15, -0.1) is 0 Å². The van der Waals surface area contributed by atoms with Crippen LogP contribution >= 0.6 is 0 Å². The van der Waals surface area contributed by atoms with Crippen molar-refractivity contribution in [2.75, 3.05) is 27.3 Å². The molecule has 1 aromatic rings. The van der Waals surface area contributed by atoms with E-state index in [4.69, 9.17) is 14.2 Å². The first-order valence-electron chi connectivity index (χ1n) is 5.83. The maximum absolute atomic E-state index is 11.4. The average Bonchev–Trinajstić information content (AvgIpc) is 2.40. The van der Waals surface area contributed by atoms with Crippen LogP contribution in [0.5, 0.6) is 0 Å². The fourth-order valence-electron chi connectivity index (χ4n) is 1.60. The normalized spacial score (nSPS) is 23.4. The largest absolute Gasteiger partial charge is 0.441 e. The van der Waals surface area contributed by atoms with Gasteiger partial charge in [0.25, 0.3) is 0 Å². The summed E-state index contributed by atoms with van der Waals surface area (Å²) in [6, 6.07) is 9.68. The Balaban J connectivity index is 1.83. The first-order valence-corrected chi connectivity index (χ1v) is 5.83. The van der Waals surface area contributed by atoms with Gasteiger partial charge in [-0.3, -0.25) is 0 Å². The number of nitrogens with zero attached hydrogens (tertiary/aromatic N) is 1. The van der Waals surface area contributed by atoms with Crippen LogP contribution in [0.2, 0.25) is 0 Å². The van der Waals surface area contributed by atoms with Crippen LogP contribution in [-0.4, -0.2) is 44.4 Å². The highest BCUT2D eigenvalue weighted by atomic mass is 16.7. The SMILES string of the molecule is CN(C)C(=O)OC1COC(c2ccccc2)OC1. The summed E-state index contributed by atoms with van der Waals surface area (Å²) in [6.07, 6.45) is -1.11. The van der Waals surface area contributed by atoms with Crippen molar-refractivity contribution >= 4 is 6.09 Å². The lowest BCUT2D eigenvalue weighted by molar-refractivity contribution is -0.221. The zero-order valence-corrected chi connectivity index (χ0v) is 10.5. The summed E-state index contributed by atoms with van der Waals surface area (Å²) in [5.41, 5.74) is 0.967. The van der Waals surface area contributed by atoms with Crippen molar-refractivity contribution in [3.63, 3.8) is 0 Å². The fourth-order valence-corrected chi connectivity index (χ4v) is 1.60. The van der Waals surface area contributed by atoms with E-state index in [9.17, 15) is 4.79 Å². The smallest absolute Gasteiger partial charge is 0.409 e. The van der Waals surface area contributed by atoms with Crippen LogP contribution in [0.25, 0.3) is 0 Å². The average molecular weight is 251 g/mol. The minimum atomic E-state index is -0.384. The zero-order chi connectivity index (χ0) is 13.0. The molecule has 0 atom stereocenters. The summed E-state index contributed by atoms with van der Waals surface area (Å²) in [4.78, 5) is 12.7. The molecule has 1 amide bonds. The third kappa shape index (κ3) is 3.21. The zero-order valence-electron chi connectivity index (χ0n) is 10.5. The van der Waals surface area contributed by atoms with Gasteiger partial charge in [-0.25, -0.2) is 4.79 Å². The van der Waals surface area contributed by atoms with E-state index in [0.717, 1.165) is 5.56 Å². The van der Waals surface area contributed by atoms with Crippen molar-refractivity contribution < 1.29 is 19.0 Å². The molecule has 0 unspecified atom stereocenters. The second-order valence-electron chi connectivity index (χ2n) is 4.31. The number of ether oxygens (including phenoxy) is 3. The number of carbonyl (C=O) groups excluding carboxylic acids is 1. The Morgan fingerprint density at radius 1 is 1.22 bits per heavy atom. The Morgan fingerprint density at radius 2 is 1.83 bits per heavy atom. The van der Waals surface area contributed by atoms with Gasteiger partial charge in [0.05, 0.1) is 13.2 Å². The number of rotatable bonds is 2. The van der Waals surface area contributed by atoms with Crippen LogP contribution in [0.1, 0.15) is 11.9 Å². The molecule has 18 heavy (non-hydrogen) atoms. The monoisotopic (exact) mass is 251 g/mol. The topological polar surface area (TPSA) is 48.0 Å². The highest BCUT2D eigenvalue weighted by Crippen LogP contribution is 2.23. The Bertz CT molecular complexity index is 385. The molecule has 0 aliphatic carbocycles. The Morgan fingerprint density at radius 3 is 2.39 bits per heavy atom. The van der Waals surface area contributed by atoms with Gasteiger partial charge in [0, 0.05) is 19.7 Å². The highest BCUT2D eigenvalue weighted by Gasteiger charge is 2.26. The van der Waals surface area contributed by atoms with Crippen molar-refractivity contribution in [3.8, 4) is 0 Å². The molecule has 0 saturated carbocycles. The maximum Gasteiger partial charge on any atom is 0.409 e. The molecule has 1 aliphatic rings. The first-order chi connectivity index (χ1) is 8.66. The molecule has 98 valence electrons. The lowest BCUT2D eigenvalue weighted by Crippen LogP contribution is -2.37. The van der Waals surface area contributed by atoms with E-state index in [1.165, 1.54) is 4.90 Å². The van der Waals surface area contributed by atoms with Crippen molar-refractivity contribution in [3.05, 3.63) is 35.9 Å². The Labute approximate surface area is 106 Å². The van der Waals surface area contributed by atoms with Gasteiger partial charge in [-0.05, 0) is 0 Å². The fraction of sp³-hybridized carbons (Fsp3) is 0.462. The van der Waals surface area contributed by atoms with E-state index in [0.29, 0.717) is 13.2 Å². The number of hydrogen-bond acceptors (Lipinski definition) is 4. The highest BCUT2D eigenvalue weighted by molar-refractivity contribution is 5.66. The van der Waals surface area contributed by atoms with Crippen LogP contribution in [-0.2, 0) is 14.2 Å².